The van der Waals surface area contributed by atoms with Crippen molar-refractivity contribution < 1.29 is 14.6 Å². The summed E-state index contributed by atoms with van der Waals surface area (Å²) in [5.74, 6) is -0.396. The van der Waals surface area contributed by atoms with Crippen molar-refractivity contribution >= 4 is 11.9 Å². The summed E-state index contributed by atoms with van der Waals surface area (Å²) < 4.78 is 4.82. The van der Waals surface area contributed by atoms with Crippen LogP contribution in [-0.2, 0) is 9.53 Å². The zero-order chi connectivity index (χ0) is 11.5. The summed E-state index contributed by atoms with van der Waals surface area (Å²) in [4.78, 5) is 14.2. The Morgan fingerprint density at radius 3 is 2.87 bits per heavy atom. The number of rotatable bonds is 8. The lowest BCUT2D eigenvalue weighted by atomic mass is 10.2. The number of hydrogen-bond acceptors (Lipinski definition) is 3. The zero-order valence-corrected chi connectivity index (χ0v) is 9.03. The van der Waals surface area contributed by atoms with Gasteiger partial charge in [0.2, 0.25) is 0 Å². The molecule has 0 aliphatic heterocycles. The van der Waals surface area contributed by atoms with Gasteiger partial charge in [-0.15, -0.1) is 0 Å². The molecule has 4 N–H and O–H groups in total. The lowest BCUT2D eigenvalue weighted by Gasteiger charge is -2.03. The van der Waals surface area contributed by atoms with Crippen LogP contribution in [0.15, 0.2) is 4.99 Å². The SMILES string of the molecule is COCCNC(N)=NCCCCC(=O)O. The van der Waals surface area contributed by atoms with Crippen LogP contribution in [-0.4, -0.2) is 43.8 Å². The molecule has 0 spiro atoms. The predicted molar refractivity (Wildman–Crippen MR) is 57.9 cm³/mol. The van der Waals surface area contributed by atoms with Gasteiger partial charge in [0.1, 0.15) is 0 Å². The van der Waals surface area contributed by atoms with Gasteiger partial charge in [0.15, 0.2) is 5.96 Å². The van der Waals surface area contributed by atoms with Crippen molar-refractivity contribution in [2.24, 2.45) is 10.7 Å². The minimum atomic E-state index is -0.773. The fourth-order valence-corrected chi connectivity index (χ4v) is 0.925. The number of carboxylic acid groups (broad SMARTS) is 1. The van der Waals surface area contributed by atoms with Crippen LogP contribution in [0.3, 0.4) is 0 Å². The largest absolute Gasteiger partial charge is 0.481 e. The van der Waals surface area contributed by atoms with Gasteiger partial charge in [-0.3, -0.25) is 9.79 Å². The Labute approximate surface area is 89.5 Å². The summed E-state index contributed by atoms with van der Waals surface area (Å²) >= 11 is 0. The molecule has 0 aromatic rings. The van der Waals surface area contributed by atoms with Crippen LogP contribution in [0, 0.1) is 0 Å². The highest BCUT2D eigenvalue weighted by Crippen LogP contribution is 1.94. The summed E-state index contributed by atoms with van der Waals surface area (Å²) in [5, 5.41) is 11.2. The van der Waals surface area contributed by atoms with Crippen molar-refractivity contribution in [3.8, 4) is 0 Å². The first-order valence-corrected chi connectivity index (χ1v) is 4.91. The smallest absolute Gasteiger partial charge is 0.303 e. The minimum absolute atomic E-state index is 0.187. The van der Waals surface area contributed by atoms with E-state index in [9.17, 15) is 4.79 Å². The van der Waals surface area contributed by atoms with Crippen molar-refractivity contribution in [3.63, 3.8) is 0 Å². The number of unbranched alkanes of at least 4 members (excludes halogenated alkanes) is 1. The van der Waals surface area contributed by atoms with Crippen LogP contribution in [0.5, 0.6) is 0 Å². The minimum Gasteiger partial charge on any atom is -0.481 e. The highest BCUT2D eigenvalue weighted by Gasteiger charge is 1.95. The van der Waals surface area contributed by atoms with Gasteiger partial charge in [0.25, 0.3) is 0 Å². The van der Waals surface area contributed by atoms with E-state index in [0.29, 0.717) is 32.1 Å². The molecule has 0 aliphatic carbocycles. The summed E-state index contributed by atoms with van der Waals surface area (Å²) in [6.07, 6.45) is 1.55. The summed E-state index contributed by atoms with van der Waals surface area (Å²) in [6, 6.07) is 0. The fraction of sp³-hybridized carbons (Fsp3) is 0.778. The first-order valence-electron chi connectivity index (χ1n) is 4.91. The second-order valence-electron chi connectivity index (χ2n) is 3.04. The number of ether oxygens (including phenoxy) is 1. The molecule has 15 heavy (non-hydrogen) atoms. The van der Waals surface area contributed by atoms with E-state index >= 15 is 0 Å². The molecular formula is C9H19N3O3. The van der Waals surface area contributed by atoms with E-state index in [0.717, 1.165) is 6.42 Å². The Kier molecular flexibility index (Phi) is 8.46. The second kappa shape index (κ2) is 9.26. The molecule has 0 bridgehead atoms. The molecule has 0 aromatic heterocycles. The van der Waals surface area contributed by atoms with Gasteiger partial charge < -0.3 is 20.9 Å². The monoisotopic (exact) mass is 217 g/mol. The molecule has 88 valence electrons. The lowest BCUT2D eigenvalue weighted by molar-refractivity contribution is -0.137. The molecule has 0 saturated heterocycles. The number of hydrogen-bond donors (Lipinski definition) is 3. The maximum absolute atomic E-state index is 10.2. The molecular weight excluding hydrogens is 198 g/mol. The molecule has 0 aliphatic rings. The molecule has 0 atom stereocenters. The standard InChI is InChI=1S/C9H19N3O3/c1-15-7-6-12-9(10)11-5-3-2-4-8(13)14/h2-7H2,1H3,(H,13,14)(H3,10,11,12). The van der Waals surface area contributed by atoms with E-state index in [1.807, 2.05) is 0 Å². The Bertz CT molecular complexity index is 207. The van der Waals surface area contributed by atoms with Crippen molar-refractivity contribution in [2.75, 3.05) is 26.8 Å². The van der Waals surface area contributed by atoms with Crippen LogP contribution in [0.25, 0.3) is 0 Å². The molecule has 0 unspecified atom stereocenters. The summed E-state index contributed by atoms with van der Waals surface area (Å²) in [7, 11) is 1.61. The molecule has 0 radical (unpaired) electrons. The Hall–Kier alpha value is -1.30. The maximum atomic E-state index is 10.2. The van der Waals surface area contributed by atoms with Crippen LogP contribution >= 0.6 is 0 Å². The highest BCUT2D eigenvalue weighted by molar-refractivity contribution is 5.77. The number of nitrogens with one attached hydrogen (secondary N) is 1. The Balaban J connectivity index is 3.37. The van der Waals surface area contributed by atoms with Gasteiger partial charge in [0, 0.05) is 26.6 Å². The van der Waals surface area contributed by atoms with E-state index in [1.165, 1.54) is 0 Å². The van der Waals surface area contributed by atoms with Crippen molar-refractivity contribution in [1.82, 2.24) is 5.32 Å². The number of aliphatic carboxylic acids is 1. The van der Waals surface area contributed by atoms with Crippen molar-refractivity contribution in [1.29, 1.82) is 0 Å². The molecule has 0 amide bonds. The van der Waals surface area contributed by atoms with Crippen LogP contribution in [0.1, 0.15) is 19.3 Å². The number of aliphatic imine (C=N–C) groups is 1. The van der Waals surface area contributed by atoms with Crippen molar-refractivity contribution in [3.05, 3.63) is 0 Å². The molecule has 6 heteroatoms. The summed E-state index contributed by atoms with van der Waals surface area (Å²) in [5.41, 5.74) is 5.52. The molecule has 0 aromatic carbocycles. The quantitative estimate of drug-likeness (QED) is 0.297. The van der Waals surface area contributed by atoms with Gasteiger partial charge in [-0.1, -0.05) is 0 Å². The van der Waals surface area contributed by atoms with E-state index in [1.54, 1.807) is 7.11 Å². The van der Waals surface area contributed by atoms with Gasteiger partial charge >= 0.3 is 5.97 Å². The van der Waals surface area contributed by atoms with Gasteiger partial charge in [-0.25, -0.2) is 0 Å². The second-order valence-corrected chi connectivity index (χ2v) is 3.04. The number of methoxy groups -OCH3 is 1. The van der Waals surface area contributed by atoms with E-state index < -0.39 is 5.97 Å². The maximum Gasteiger partial charge on any atom is 0.303 e. The first-order chi connectivity index (χ1) is 7.16. The van der Waals surface area contributed by atoms with Crippen LogP contribution in [0.4, 0.5) is 0 Å². The van der Waals surface area contributed by atoms with E-state index in [-0.39, 0.29) is 6.42 Å². The van der Waals surface area contributed by atoms with Crippen molar-refractivity contribution in [2.45, 2.75) is 19.3 Å². The zero-order valence-electron chi connectivity index (χ0n) is 9.03. The fourth-order valence-electron chi connectivity index (χ4n) is 0.925. The third-order valence-corrected chi connectivity index (χ3v) is 1.69. The average Bonchev–Trinajstić information content (AvgIpc) is 2.17. The number of carboxylic acids is 1. The van der Waals surface area contributed by atoms with Gasteiger partial charge in [-0.05, 0) is 12.8 Å². The number of carbonyl (C=O) groups is 1. The average molecular weight is 217 g/mol. The van der Waals surface area contributed by atoms with Gasteiger partial charge in [0.05, 0.1) is 6.61 Å². The summed E-state index contributed by atoms with van der Waals surface area (Å²) in [6.45, 7) is 1.76. The van der Waals surface area contributed by atoms with Crippen LogP contribution in [0.2, 0.25) is 0 Å². The number of nitrogens with zero attached hydrogens (tertiary/aromatic N) is 1. The predicted octanol–water partition coefficient (Wildman–Crippen LogP) is -0.208. The highest BCUT2D eigenvalue weighted by atomic mass is 16.5. The molecule has 6 nitrogen and oxygen atoms in total. The molecule has 0 rings (SSSR count). The number of nitrogens with two attached hydrogens (primary N) is 1. The number of guanidine groups is 1. The Morgan fingerprint density at radius 1 is 1.53 bits per heavy atom. The third kappa shape index (κ3) is 10.6. The van der Waals surface area contributed by atoms with E-state index in [2.05, 4.69) is 10.3 Å². The first kappa shape index (κ1) is 13.7. The normalized spacial score (nSPS) is 11.4. The lowest BCUT2D eigenvalue weighted by Crippen LogP contribution is -2.34. The molecule has 0 fully saturated rings. The topological polar surface area (TPSA) is 96.9 Å². The van der Waals surface area contributed by atoms with Gasteiger partial charge in [-0.2, -0.15) is 0 Å². The third-order valence-electron chi connectivity index (χ3n) is 1.69. The van der Waals surface area contributed by atoms with E-state index in [4.69, 9.17) is 15.6 Å². The molecule has 0 saturated carbocycles. The molecule has 0 heterocycles. The Morgan fingerprint density at radius 2 is 2.27 bits per heavy atom. The van der Waals surface area contributed by atoms with Crippen LogP contribution < -0.4 is 11.1 Å².